The molecular formula is C17H11Cl2NO4. The molecule has 7 heteroatoms. The van der Waals surface area contributed by atoms with Crippen molar-refractivity contribution >= 4 is 46.0 Å². The lowest BCUT2D eigenvalue weighted by Crippen LogP contribution is -2.01. The Kier molecular flexibility index (Phi) is 4.22. The summed E-state index contributed by atoms with van der Waals surface area (Å²) in [5.74, 6) is -2.09. The first kappa shape index (κ1) is 16.4. The minimum atomic E-state index is -1.07. The van der Waals surface area contributed by atoms with Crippen molar-refractivity contribution < 1.29 is 19.8 Å². The largest absolute Gasteiger partial charge is 0.481 e. The summed E-state index contributed by atoms with van der Waals surface area (Å²) in [5.41, 5.74) is 2.49. The lowest BCUT2D eigenvalue weighted by molar-refractivity contribution is -0.136. The van der Waals surface area contributed by atoms with Crippen LogP contribution in [0, 0.1) is 0 Å². The molecule has 0 unspecified atom stereocenters. The maximum Gasteiger partial charge on any atom is 0.335 e. The molecule has 0 aliphatic rings. The highest BCUT2D eigenvalue weighted by Gasteiger charge is 2.18. The molecule has 2 aromatic carbocycles. The Labute approximate surface area is 146 Å². The summed E-state index contributed by atoms with van der Waals surface area (Å²) in [6.45, 7) is 0. The predicted octanol–water partition coefficient (Wildman–Crippen LogP) is 4.47. The molecule has 3 aromatic rings. The Morgan fingerprint density at radius 1 is 1.00 bits per heavy atom. The van der Waals surface area contributed by atoms with Gasteiger partial charge in [0.25, 0.3) is 0 Å². The molecule has 5 nitrogen and oxygen atoms in total. The minimum absolute atomic E-state index is 0.0915. The van der Waals surface area contributed by atoms with Crippen molar-refractivity contribution in [3.05, 3.63) is 57.6 Å². The van der Waals surface area contributed by atoms with Crippen LogP contribution in [0.25, 0.3) is 22.2 Å². The lowest BCUT2D eigenvalue weighted by atomic mass is 10.0. The third-order valence-electron chi connectivity index (χ3n) is 3.69. The van der Waals surface area contributed by atoms with Gasteiger partial charge in [0.15, 0.2) is 0 Å². The van der Waals surface area contributed by atoms with Gasteiger partial charge in [0, 0.05) is 10.9 Å². The van der Waals surface area contributed by atoms with E-state index < -0.39 is 11.9 Å². The number of nitrogens with one attached hydrogen (secondary N) is 1. The summed E-state index contributed by atoms with van der Waals surface area (Å²) in [5, 5.41) is 19.7. The van der Waals surface area contributed by atoms with Crippen LogP contribution in [-0.2, 0) is 11.2 Å². The molecule has 0 saturated carbocycles. The number of fused-ring (bicyclic) bond motifs is 1. The second kappa shape index (κ2) is 6.19. The van der Waals surface area contributed by atoms with Gasteiger partial charge in [-0.05, 0) is 41.5 Å². The minimum Gasteiger partial charge on any atom is -0.481 e. The molecule has 0 fully saturated rings. The van der Waals surface area contributed by atoms with Gasteiger partial charge in [-0.15, -0.1) is 0 Å². The van der Waals surface area contributed by atoms with E-state index in [1.165, 1.54) is 12.1 Å². The van der Waals surface area contributed by atoms with Crippen LogP contribution in [0.2, 0.25) is 10.0 Å². The number of halogens is 2. The topological polar surface area (TPSA) is 90.4 Å². The fraction of sp³-hybridized carbons (Fsp3) is 0.0588. The Balaban J connectivity index is 2.27. The summed E-state index contributed by atoms with van der Waals surface area (Å²) >= 11 is 12.0. The van der Waals surface area contributed by atoms with E-state index in [-0.39, 0.29) is 12.0 Å². The van der Waals surface area contributed by atoms with Crippen molar-refractivity contribution in [2.24, 2.45) is 0 Å². The van der Waals surface area contributed by atoms with Gasteiger partial charge in [0.1, 0.15) is 0 Å². The number of aromatic nitrogens is 1. The highest BCUT2D eigenvalue weighted by Crippen LogP contribution is 2.34. The molecule has 0 saturated heterocycles. The summed E-state index contributed by atoms with van der Waals surface area (Å²) in [6.07, 6.45) is -0.251. The summed E-state index contributed by atoms with van der Waals surface area (Å²) in [7, 11) is 0. The molecule has 24 heavy (non-hydrogen) atoms. The van der Waals surface area contributed by atoms with E-state index in [4.69, 9.17) is 28.3 Å². The number of hydrogen-bond donors (Lipinski definition) is 3. The summed E-state index contributed by atoms with van der Waals surface area (Å²) in [6, 6.07) is 9.53. The van der Waals surface area contributed by atoms with Crippen LogP contribution in [0.4, 0.5) is 0 Å². The fourth-order valence-corrected chi connectivity index (χ4v) is 2.91. The van der Waals surface area contributed by atoms with Crippen molar-refractivity contribution in [3.8, 4) is 11.3 Å². The van der Waals surface area contributed by atoms with Crippen molar-refractivity contribution in [2.45, 2.75) is 6.42 Å². The Morgan fingerprint density at radius 2 is 1.75 bits per heavy atom. The first-order chi connectivity index (χ1) is 11.4. The number of carboxylic acid groups (broad SMARTS) is 2. The van der Waals surface area contributed by atoms with E-state index >= 15 is 0 Å². The molecule has 0 radical (unpaired) electrons. The number of rotatable bonds is 4. The zero-order chi connectivity index (χ0) is 17.4. The van der Waals surface area contributed by atoms with E-state index in [9.17, 15) is 14.7 Å². The van der Waals surface area contributed by atoms with Crippen LogP contribution in [0.15, 0.2) is 36.4 Å². The van der Waals surface area contributed by atoms with Crippen LogP contribution in [0.1, 0.15) is 15.9 Å². The molecule has 1 heterocycles. The first-order valence-electron chi connectivity index (χ1n) is 6.92. The van der Waals surface area contributed by atoms with E-state index in [2.05, 4.69) is 4.98 Å². The van der Waals surface area contributed by atoms with E-state index in [0.717, 1.165) is 0 Å². The second-order valence-corrected chi connectivity index (χ2v) is 6.06. The predicted molar refractivity (Wildman–Crippen MR) is 92.1 cm³/mol. The summed E-state index contributed by atoms with van der Waals surface area (Å²) < 4.78 is 0. The van der Waals surface area contributed by atoms with Gasteiger partial charge in [-0.2, -0.15) is 0 Å². The number of aliphatic carboxylic acids is 1. The van der Waals surface area contributed by atoms with Gasteiger partial charge < -0.3 is 15.2 Å². The molecule has 122 valence electrons. The van der Waals surface area contributed by atoms with Gasteiger partial charge in [-0.25, -0.2) is 4.79 Å². The lowest BCUT2D eigenvalue weighted by Gasteiger charge is -2.05. The van der Waals surface area contributed by atoms with Gasteiger partial charge >= 0.3 is 11.9 Å². The average Bonchev–Trinajstić information content (AvgIpc) is 2.87. The Bertz CT molecular complexity index is 978. The number of aromatic amines is 1. The summed E-state index contributed by atoms with van der Waals surface area (Å²) in [4.78, 5) is 25.6. The van der Waals surface area contributed by atoms with Gasteiger partial charge in [0.2, 0.25) is 0 Å². The smallest absolute Gasteiger partial charge is 0.335 e. The molecule has 0 amide bonds. The molecule has 0 aliphatic carbocycles. The highest BCUT2D eigenvalue weighted by atomic mass is 35.5. The number of carbonyl (C=O) groups is 2. The maximum atomic E-state index is 11.3. The van der Waals surface area contributed by atoms with Gasteiger partial charge in [-0.1, -0.05) is 29.3 Å². The molecule has 1 aromatic heterocycles. The van der Waals surface area contributed by atoms with Crippen molar-refractivity contribution in [3.63, 3.8) is 0 Å². The third kappa shape index (κ3) is 2.96. The van der Waals surface area contributed by atoms with Crippen LogP contribution in [-0.4, -0.2) is 27.1 Å². The zero-order valence-electron chi connectivity index (χ0n) is 12.1. The van der Waals surface area contributed by atoms with Crippen molar-refractivity contribution in [2.75, 3.05) is 0 Å². The standard InChI is InChI=1S/C17H11Cl2NO4/c18-12-3-1-8(6-13(12)19)16-11(7-15(21)22)10-5-9(17(23)24)2-4-14(10)20-16/h1-6,20H,7H2,(H,21,22)(H,23,24). The highest BCUT2D eigenvalue weighted by molar-refractivity contribution is 6.42. The van der Waals surface area contributed by atoms with Crippen LogP contribution < -0.4 is 0 Å². The van der Waals surface area contributed by atoms with Crippen LogP contribution >= 0.6 is 23.2 Å². The van der Waals surface area contributed by atoms with Gasteiger partial charge in [0.05, 0.1) is 27.7 Å². The molecule has 0 spiro atoms. The quantitative estimate of drug-likeness (QED) is 0.637. The molecule has 0 bridgehead atoms. The molecular weight excluding hydrogens is 353 g/mol. The monoisotopic (exact) mass is 363 g/mol. The zero-order valence-corrected chi connectivity index (χ0v) is 13.6. The average molecular weight is 364 g/mol. The van der Waals surface area contributed by atoms with Gasteiger partial charge in [-0.3, -0.25) is 4.79 Å². The van der Waals surface area contributed by atoms with Crippen molar-refractivity contribution in [1.82, 2.24) is 4.98 Å². The maximum absolute atomic E-state index is 11.3. The number of H-pyrrole nitrogens is 1. The number of hydrogen-bond acceptors (Lipinski definition) is 2. The first-order valence-corrected chi connectivity index (χ1v) is 7.67. The van der Waals surface area contributed by atoms with Crippen LogP contribution in [0.3, 0.4) is 0 Å². The number of carboxylic acids is 2. The fourth-order valence-electron chi connectivity index (χ4n) is 2.61. The van der Waals surface area contributed by atoms with Crippen LogP contribution in [0.5, 0.6) is 0 Å². The Morgan fingerprint density at radius 3 is 2.38 bits per heavy atom. The molecule has 3 rings (SSSR count). The second-order valence-electron chi connectivity index (χ2n) is 5.24. The third-order valence-corrected chi connectivity index (χ3v) is 4.43. The molecule has 0 atom stereocenters. The molecule has 3 N–H and O–H groups in total. The van der Waals surface area contributed by atoms with E-state index in [1.54, 1.807) is 24.3 Å². The van der Waals surface area contributed by atoms with E-state index in [1.807, 2.05) is 0 Å². The number of aromatic carboxylic acids is 1. The molecule has 0 aliphatic heterocycles. The normalized spacial score (nSPS) is 10.9. The Hall–Kier alpha value is -2.50. The SMILES string of the molecule is O=C(O)Cc1c(-c2ccc(Cl)c(Cl)c2)[nH]c2ccc(C(=O)O)cc12. The number of benzene rings is 2. The van der Waals surface area contributed by atoms with E-state index in [0.29, 0.717) is 37.8 Å². The van der Waals surface area contributed by atoms with Crippen molar-refractivity contribution in [1.29, 1.82) is 0 Å².